The second kappa shape index (κ2) is 5.41. The lowest BCUT2D eigenvalue weighted by Gasteiger charge is -2.13. The van der Waals surface area contributed by atoms with Gasteiger partial charge >= 0.3 is 0 Å². The SMILES string of the molecule is C/C=C/C(CC)Nc1ccccc1. The van der Waals surface area contributed by atoms with Crippen LogP contribution in [-0.2, 0) is 0 Å². The Balaban J connectivity index is 2.56. The van der Waals surface area contributed by atoms with Gasteiger partial charge in [0.1, 0.15) is 0 Å². The summed E-state index contributed by atoms with van der Waals surface area (Å²) in [6.07, 6.45) is 5.39. The van der Waals surface area contributed by atoms with Gasteiger partial charge in [-0.1, -0.05) is 37.3 Å². The molecule has 1 N–H and O–H groups in total. The van der Waals surface area contributed by atoms with Crippen LogP contribution in [0.5, 0.6) is 0 Å². The van der Waals surface area contributed by atoms with E-state index >= 15 is 0 Å². The lowest BCUT2D eigenvalue weighted by molar-refractivity contribution is 0.832. The smallest absolute Gasteiger partial charge is 0.0441 e. The normalized spacial score (nSPS) is 13.1. The average molecular weight is 175 g/mol. The molecule has 0 fully saturated rings. The summed E-state index contributed by atoms with van der Waals surface area (Å²) in [7, 11) is 0. The van der Waals surface area contributed by atoms with Crippen molar-refractivity contribution in [2.75, 3.05) is 5.32 Å². The van der Waals surface area contributed by atoms with Gasteiger partial charge in [-0.3, -0.25) is 0 Å². The van der Waals surface area contributed by atoms with Crippen LogP contribution in [0.1, 0.15) is 20.3 Å². The molecule has 0 aromatic heterocycles. The van der Waals surface area contributed by atoms with Crippen LogP contribution in [0.3, 0.4) is 0 Å². The van der Waals surface area contributed by atoms with E-state index in [0.717, 1.165) is 6.42 Å². The lowest BCUT2D eigenvalue weighted by Crippen LogP contribution is -2.14. The maximum atomic E-state index is 3.44. The van der Waals surface area contributed by atoms with Crippen molar-refractivity contribution < 1.29 is 0 Å². The fourth-order valence-electron chi connectivity index (χ4n) is 1.27. The predicted molar refractivity (Wildman–Crippen MR) is 59.0 cm³/mol. The summed E-state index contributed by atoms with van der Waals surface area (Å²) >= 11 is 0. The van der Waals surface area contributed by atoms with Crippen molar-refractivity contribution >= 4 is 5.69 Å². The van der Waals surface area contributed by atoms with Crippen molar-refractivity contribution in [3.63, 3.8) is 0 Å². The summed E-state index contributed by atoms with van der Waals surface area (Å²) in [5, 5.41) is 3.44. The van der Waals surface area contributed by atoms with Gasteiger partial charge in [-0.15, -0.1) is 0 Å². The van der Waals surface area contributed by atoms with E-state index in [2.05, 4.69) is 43.4 Å². The first-order chi connectivity index (χ1) is 6.36. The van der Waals surface area contributed by atoms with E-state index in [9.17, 15) is 0 Å². The molecule has 1 rings (SSSR count). The highest BCUT2D eigenvalue weighted by Crippen LogP contribution is 2.09. The molecule has 0 aliphatic heterocycles. The Hall–Kier alpha value is -1.24. The molecule has 1 aromatic carbocycles. The number of nitrogens with one attached hydrogen (secondary N) is 1. The van der Waals surface area contributed by atoms with Crippen molar-refractivity contribution in [1.82, 2.24) is 0 Å². The van der Waals surface area contributed by atoms with E-state index in [-0.39, 0.29) is 0 Å². The van der Waals surface area contributed by atoms with Crippen LogP contribution in [0.25, 0.3) is 0 Å². The molecule has 70 valence electrons. The van der Waals surface area contributed by atoms with Crippen molar-refractivity contribution in [2.24, 2.45) is 0 Å². The fourth-order valence-corrected chi connectivity index (χ4v) is 1.27. The van der Waals surface area contributed by atoms with E-state index in [0.29, 0.717) is 6.04 Å². The summed E-state index contributed by atoms with van der Waals surface area (Å²) in [5.74, 6) is 0. The molecule has 1 unspecified atom stereocenters. The first-order valence-corrected chi connectivity index (χ1v) is 4.81. The van der Waals surface area contributed by atoms with Crippen LogP contribution in [0.2, 0.25) is 0 Å². The van der Waals surface area contributed by atoms with Crippen LogP contribution in [0.15, 0.2) is 42.5 Å². The zero-order valence-electron chi connectivity index (χ0n) is 8.33. The number of hydrogen-bond acceptors (Lipinski definition) is 1. The van der Waals surface area contributed by atoms with Gasteiger partial charge in [0.15, 0.2) is 0 Å². The topological polar surface area (TPSA) is 12.0 Å². The Labute approximate surface area is 80.5 Å². The molecule has 0 amide bonds. The van der Waals surface area contributed by atoms with Crippen LogP contribution in [-0.4, -0.2) is 6.04 Å². The van der Waals surface area contributed by atoms with Gasteiger partial charge in [-0.25, -0.2) is 0 Å². The number of hydrogen-bond donors (Lipinski definition) is 1. The highest BCUT2D eigenvalue weighted by atomic mass is 14.9. The third-order valence-electron chi connectivity index (χ3n) is 1.99. The molecule has 0 aliphatic carbocycles. The minimum Gasteiger partial charge on any atom is -0.379 e. The highest BCUT2D eigenvalue weighted by molar-refractivity contribution is 5.44. The van der Waals surface area contributed by atoms with E-state index in [1.54, 1.807) is 0 Å². The molecule has 1 nitrogen and oxygen atoms in total. The Bertz CT molecular complexity index is 251. The average Bonchev–Trinajstić information content (AvgIpc) is 2.19. The number of rotatable bonds is 4. The molecular weight excluding hydrogens is 158 g/mol. The van der Waals surface area contributed by atoms with E-state index in [4.69, 9.17) is 0 Å². The van der Waals surface area contributed by atoms with E-state index in [1.807, 2.05) is 18.2 Å². The minimum atomic E-state index is 0.451. The number of anilines is 1. The molecule has 13 heavy (non-hydrogen) atoms. The molecule has 0 bridgehead atoms. The van der Waals surface area contributed by atoms with Crippen LogP contribution in [0, 0.1) is 0 Å². The molecule has 1 aromatic rings. The Kier molecular flexibility index (Phi) is 4.10. The van der Waals surface area contributed by atoms with Crippen molar-refractivity contribution in [3.05, 3.63) is 42.5 Å². The molecule has 0 radical (unpaired) electrons. The van der Waals surface area contributed by atoms with Gasteiger partial charge in [0, 0.05) is 11.7 Å². The Morgan fingerprint density at radius 3 is 2.54 bits per heavy atom. The minimum absolute atomic E-state index is 0.451. The van der Waals surface area contributed by atoms with Gasteiger partial charge in [0.2, 0.25) is 0 Å². The monoisotopic (exact) mass is 175 g/mol. The second-order valence-corrected chi connectivity index (χ2v) is 3.05. The third kappa shape index (κ3) is 3.32. The molecule has 1 atom stereocenters. The van der Waals surface area contributed by atoms with Gasteiger partial charge < -0.3 is 5.32 Å². The Morgan fingerprint density at radius 2 is 2.00 bits per heavy atom. The standard InChI is InChI=1S/C12H17N/c1-3-8-11(4-2)13-12-9-6-5-7-10-12/h3,5-11,13H,4H2,1-2H3/b8-3+. The summed E-state index contributed by atoms with van der Waals surface area (Å²) < 4.78 is 0. The molecule has 0 saturated carbocycles. The summed E-state index contributed by atoms with van der Waals surface area (Å²) in [5.41, 5.74) is 1.19. The molecule has 0 heterocycles. The maximum absolute atomic E-state index is 3.44. The number of benzene rings is 1. The summed E-state index contributed by atoms with van der Waals surface area (Å²) in [6, 6.07) is 10.8. The summed E-state index contributed by atoms with van der Waals surface area (Å²) in [4.78, 5) is 0. The van der Waals surface area contributed by atoms with Crippen molar-refractivity contribution in [3.8, 4) is 0 Å². The van der Waals surface area contributed by atoms with E-state index in [1.165, 1.54) is 5.69 Å². The van der Waals surface area contributed by atoms with Crippen LogP contribution < -0.4 is 5.32 Å². The van der Waals surface area contributed by atoms with E-state index < -0.39 is 0 Å². The van der Waals surface area contributed by atoms with Crippen LogP contribution in [0.4, 0.5) is 5.69 Å². The van der Waals surface area contributed by atoms with Gasteiger partial charge in [0.05, 0.1) is 0 Å². The van der Waals surface area contributed by atoms with Gasteiger partial charge in [0.25, 0.3) is 0 Å². The molecule has 1 heteroatoms. The van der Waals surface area contributed by atoms with Gasteiger partial charge in [-0.2, -0.15) is 0 Å². The molecular formula is C12H17N. The zero-order chi connectivity index (χ0) is 9.52. The predicted octanol–water partition coefficient (Wildman–Crippen LogP) is 3.45. The van der Waals surface area contributed by atoms with Gasteiger partial charge in [-0.05, 0) is 25.5 Å². The first-order valence-electron chi connectivity index (χ1n) is 4.81. The zero-order valence-corrected chi connectivity index (χ0v) is 8.33. The highest BCUT2D eigenvalue weighted by Gasteiger charge is 1.99. The quantitative estimate of drug-likeness (QED) is 0.691. The third-order valence-corrected chi connectivity index (χ3v) is 1.99. The molecule has 0 spiro atoms. The second-order valence-electron chi connectivity index (χ2n) is 3.05. The Morgan fingerprint density at radius 1 is 1.31 bits per heavy atom. The molecule has 0 saturated heterocycles. The van der Waals surface area contributed by atoms with Crippen molar-refractivity contribution in [1.29, 1.82) is 0 Å². The molecule has 0 aliphatic rings. The van der Waals surface area contributed by atoms with Crippen molar-refractivity contribution in [2.45, 2.75) is 26.3 Å². The van der Waals surface area contributed by atoms with Crippen LogP contribution >= 0.6 is 0 Å². The first kappa shape index (κ1) is 9.85. The fraction of sp³-hybridized carbons (Fsp3) is 0.333. The lowest BCUT2D eigenvalue weighted by atomic mass is 10.2. The number of para-hydroxylation sites is 1. The summed E-state index contributed by atoms with van der Waals surface area (Å²) in [6.45, 7) is 4.23. The maximum Gasteiger partial charge on any atom is 0.0441 e. The number of allylic oxidation sites excluding steroid dienone is 1. The largest absolute Gasteiger partial charge is 0.379 e.